The van der Waals surface area contributed by atoms with Crippen LogP contribution in [-0.2, 0) is 0 Å². The number of aliphatic imine (C=N–C) groups is 1. The molecule has 0 aliphatic carbocycles. The van der Waals surface area contributed by atoms with Crippen molar-refractivity contribution in [1.82, 2.24) is 4.98 Å². The third kappa shape index (κ3) is 5.19. The quantitative estimate of drug-likeness (QED) is 0.500. The number of hydrogen-bond donors (Lipinski definition) is 1. The van der Waals surface area contributed by atoms with E-state index in [0.29, 0.717) is 11.5 Å². The zero-order valence-electron chi connectivity index (χ0n) is 8.95. The van der Waals surface area contributed by atoms with Gasteiger partial charge in [0.1, 0.15) is 5.82 Å². The molecule has 1 aromatic heterocycles. The molecule has 1 heterocycles. The maximum absolute atomic E-state index is 12.6. The van der Waals surface area contributed by atoms with Crippen molar-refractivity contribution in [2.75, 3.05) is 0 Å². The summed E-state index contributed by atoms with van der Waals surface area (Å²) in [7, 11) is 1.36. The molecular weight excluding hydrogens is 352 g/mol. The van der Waals surface area contributed by atoms with Crippen LogP contribution in [0.1, 0.15) is 6.92 Å². The molecule has 17 heavy (non-hydrogen) atoms. The van der Waals surface area contributed by atoms with Crippen molar-refractivity contribution in [3.8, 4) is 11.2 Å². The van der Waals surface area contributed by atoms with Gasteiger partial charge in [0.25, 0.3) is 0 Å². The molecule has 0 radical (unpaired) electrons. The predicted molar refractivity (Wildman–Crippen MR) is 78.6 cm³/mol. The number of hydrogen-bond acceptors (Lipinski definition) is 4. The van der Waals surface area contributed by atoms with Crippen molar-refractivity contribution >= 4 is 42.2 Å². The standard InChI is InChI=1S/C11H9FIN3S/c1-8(10(14)4-5-17-13)6-15-11-3-2-9(12)7-16-11/h2-3,6-7H,14H2,1H3. The van der Waals surface area contributed by atoms with Gasteiger partial charge >= 0.3 is 0 Å². The molecule has 0 saturated carbocycles. The summed E-state index contributed by atoms with van der Waals surface area (Å²) in [6.45, 7) is 1.80. The van der Waals surface area contributed by atoms with Gasteiger partial charge in [0.2, 0.25) is 0 Å². The maximum atomic E-state index is 12.6. The first-order chi connectivity index (χ1) is 8.13. The lowest BCUT2D eigenvalue weighted by molar-refractivity contribution is 0.621. The second-order valence-electron chi connectivity index (χ2n) is 2.99. The second kappa shape index (κ2) is 7.29. The molecule has 0 amide bonds. The number of rotatable bonds is 2. The minimum atomic E-state index is -0.388. The fourth-order valence-electron chi connectivity index (χ4n) is 0.850. The highest BCUT2D eigenvalue weighted by Crippen LogP contribution is 2.09. The SMILES string of the molecule is CC(C=Nc1ccc(F)cn1)=C(N)C#CSI. The van der Waals surface area contributed by atoms with Gasteiger partial charge in [-0.1, -0.05) is 0 Å². The Hall–Kier alpha value is -1.07. The second-order valence-corrected chi connectivity index (χ2v) is 4.67. The molecule has 2 N–H and O–H groups in total. The number of aromatic nitrogens is 1. The minimum Gasteiger partial charge on any atom is -0.392 e. The first-order valence-corrected chi connectivity index (χ1v) is 7.90. The van der Waals surface area contributed by atoms with Crippen LogP contribution in [0.4, 0.5) is 10.2 Å². The van der Waals surface area contributed by atoms with E-state index in [-0.39, 0.29) is 5.82 Å². The van der Waals surface area contributed by atoms with Crippen LogP contribution in [-0.4, -0.2) is 11.2 Å². The molecule has 0 atom stereocenters. The minimum absolute atomic E-state index is 0.388. The van der Waals surface area contributed by atoms with Crippen LogP contribution >= 0.6 is 30.1 Å². The molecule has 0 aliphatic heterocycles. The van der Waals surface area contributed by atoms with E-state index in [9.17, 15) is 4.39 Å². The predicted octanol–water partition coefficient (Wildman–Crippen LogP) is 3.20. The van der Waals surface area contributed by atoms with E-state index in [0.717, 1.165) is 11.8 Å². The first-order valence-electron chi connectivity index (χ1n) is 4.54. The van der Waals surface area contributed by atoms with E-state index < -0.39 is 0 Å². The lowest BCUT2D eigenvalue weighted by Gasteiger charge is -1.95. The van der Waals surface area contributed by atoms with E-state index in [4.69, 9.17) is 5.73 Å². The lowest BCUT2D eigenvalue weighted by Crippen LogP contribution is -1.98. The van der Waals surface area contributed by atoms with E-state index >= 15 is 0 Å². The summed E-state index contributed by atoms with van der Waals surface area (Å²) >= 11 is 2.06. The Bertz CT molecular complexity index is 500. The Balaban J connectivity index is 2.80. The highest BCUT2D eigenvalue weighted by molar-refractivity contribution is 14.2. The van der Waals surface area contributed by atoms with Crippen molar-refractivity contribution in [3.63, 3.8) is 0 Å². The van der Waals surface area contributed by atoms with Gasteiger partial charge in [-0.2, -0.15) is 0 Å². The third-order valence-corrected chi connectivity index (χ3v) is 2.59. The Morgan fingerprint density at radius 1 is 1.65 bits per heavy atom. The normalized spacial score (nSPS) is 11.9. The number of nitrogens with two attached hydrogens (primary N) is 1. The van der Waals surface area contributed by atoms with Crippen molar-refractivity contribution in [2.45, 2.75) is 6.92 Å². The fourth-order valence-corrected chi connectivity index (χ4v) is 1.33. The molecule has 3 nitrogen and oxygen atoms in total. The van der Waals surface area contributed by atoms with Crippen molar-refractivity contribution in [2.24, 2.45) is 10.7 Å². The van der Waals surface area contributed by atoms with Gasteiger partial charge in [-0.15, -0.1) is 0 Å². The monoisotopic (exact) mass is 361 g/mol. The highest BCUT2D eigenvalue weighted by Gasteiger charge is 1.93. The maximum Gasteiger partial charge on any atom is 0.151 e. The van der Waals surface area contributed by atoms with Crippen LogP contribution in [0.25, 0.3) is 0 Å². The van der Waals surface area contributed by atoms with Crippen LogP contribution in [0.15, 0.2) is 34.6 Å². The van der Waals surface area contributed by atoms with Gasteiger partial charge < -0.3 is 5.73 Å². The smallest absolute Gasteiger partial charge is 0.151 e. The van der Waals surface area contributed by atoms with E-state index in [2.05, 4.69) is 42.4 Å². The van der Waals surface area contributed by atoms with Crippen LogP contribution < -0.4 is 5.73 Å². The molecule has 0 bridgehead atoms. The molecular formula is C11H9FIN3S. The highest BCUT2D eigenvalue weighted by atomic mass is 127. The summed E-state index contributed by atoms with van der Waals surface area (Å²) in [5, 5.41) is 2.78. The third-order valence-electron chi connectivity index (χ3n) is 1.75. The Labute approximate surface area is 115 Å². The molecule has 0 aliphatic rings. The Kier molecular flexibility index (Phi) is 6.00. The molecule has 0 saturated heterocycles. The van der Waals surface area contributed by atoms with Gasteiger partial charge in [-0.3, -0.25) is 0 Å². The Morgan fingerprint density at radius 2 is 2.41 bits per heavy atom. The summed E-state index contributed by atoms with van der Waals surface area (Å²) in [5.74, 6) is 2.81. The summed E-state index contributed by atoms with van der Waals surface area (Å²) < 4.78 is 12.6. The van der Waals surface area contributed by atoms with Gasteiger partial charge in [0, 0.05) is 27.4 Å². The number of halogens is 2. The summed E-state index contributed by atoms with van der Waals surface area (Å²) in [6, 6.07) is 2.79. The van der Waals surface area contributed by atoms with Gasteiger partial charge in [-0.05, 0) is 44.7 Å². The van der Waals surface area contributed by atoms with Crippen LogP contribution in [0.2, 0.25) is 0 Å². The lowest BCUT2D eigenvalue weighted by atomic mass is 10.2. The van der Waals surface area contributed by atoms with Crippen LogP contribution in [0.5, 0.6) is 0 Å². The average Bonchev–Trinajstić information content (AvgIpc) is 2.34. The van der Waals surface area contributed by atoms with Gasteiger partial charge in [0.05, 0.1) is 11.9 Å². The zero-order valence-corrected chi connectivity index (χ0v) is 11.9. The zero-order chi connectivity index (χ0) is 12.7. The average molecular weight is 361 g/mol. The molecule has 88 valence electrons. The van der Waals surface area contributed by atoms with Crippen molar-refractivity contribution in [3.05, 3.63) is 35.4 Å². The van der Waals surface area contributed by atoms with E-state index in [1.54, 1.807) is 13.1 Å². The van der Waals surface area contributed by atoms with Crippen LogP contribution in [0, 0.1) is 17.0 Å². The van der Waals surface area contributed by atoms with Gasteiger partial charge in [-0.25, -0.2) is 14.4 Å². The van der Waals surface area contributed by atoms with E-state index in [1.165, 1.54) is 21.1 Å². The summed E-state index contributed by atoms with van der Waals surface area (Å²) in [4.78, 5) is 7.85. The summed E-state index contributed by atoms with van der Waals surface area (Å²) in [5.41, 5.74) is 6.91. The molecule has 1 aromatic rings. The number of nitrogens with zero attached hydrogens (tertiary/aromatic N) is 2. The molecule has 6 heteroatoms. The summed E-state index contributed by atoms with van der Waals surface area (Å²) in [6.07, 6.45) is 2.67. The fraction of sp³-hybridized carbons (Fsp3) is 0.0909. The first kappa shape index (κ1) is 14.0. The van der Waals surface area contributed by atoms with Crippen molar-refractivity contribution < 1.29 is 4.39 Å². The van der Waals surface area contributed by atoms with Crippen molar-refractivity contribution in [1.29, 1.82) is 0 Å². The Morgan fingerprint density at radius 3 is 3.00 bits per heavy atom. The molecule has 0 unspecified atom stereocenters. The topological polar surface area (TPSA) is 51.3 Å². The molecule has 0 aromatic carbocycles. The number of allylic oxidation sites excluding steroid dienone is 2. The van der Waals surface area contributed by atoms with E-state index in [1.807, 2.05) is 0 Å². The molecule has 0 spiro atoms. The largest absolute Gasteiger partial charge is 0.392 e. The number of pyridine rings is 1. The van der Waals surface area contributed by atoms with Crippen LogP contribution in [0.3, 0.4) is 0 Å². The molecule has 1 rings (SSSR count). The van der Waals surface area contributed by atoms with Gasteiger partial charge in [0.15, 0.2) is 5.82 Å². The molecule has 0 fully saturated rings.